The number of benzene rings is 3. The van der Waals surface area contributed by atoms with Crippen LogP contribution in [0, 0.1) is 0 Å². The molecule has 1 atom stereocenters. The zero-order chi connectivity index (χ0) is 26.3. The van der Waals surface area contributed by atoms with Gasteiger partial charge in [-0.25, -0.2) is 18.2 Å². The average Bonchev–Trinajstić information content (AvgIpc) is 3.17. The van der Waals surface area contributed by atoms with Gasteiger partial charge in [0, 0.05) is 17.5 Å². The molecule has 36 heavy (non-hydrogen) atoms. The zero-order valence-corrected chi connectivity index (χ0v) is 20.7. The number of hydrazone groups is 1. The first-order valence-electron chi connectivity index (χ1n) is 10.7. The second-order valence-electron chi connectivity index (χ2n) is 8.63. The van der Waals surface area contributed by atoms with Gasteiger partial charge in [-0.2, -0.15) is 18.3 Å². The van der Waals surface area contributed by atoms with E-state index in [1.165, 1.54) is 35.3 Å². The Balaban J connectivity index is 1.72. The van der Waals surface area contributed by atoms with Crippen LogP contribution in [0.5, 0.6) is 0 Å². The lowest BCUT2D eigenvalue weighted by Crippen LogP contribution is -2.38. The Morgan fingerprint density at radius 3 is 2.36 bits per heavy atom. The van der Waals surface area contributed by atoms with Crippen LogP contribution in [0.3, 0.4) is 0 Å². The van der Waals surface area contributed by atoms with Gasteiger partial charge >= 0.3 is 12.2 Å². The minimum Gasteiger partial charge on any atom is -0.306 e. The molecule has 0 spiro atoms. The fraction of sp³-hybridized carbons (Fsp3) is 0.200. The number of nitrogens with zero attached hydrogens (tertiary/aromatic N) is 2. The minimum absolute atomic E-state index is 0.0411. The first kappa shape index (κ1) is 25.7. The van der Waals surface area contributed by atoms with Crippen molar-refractivity contribution in [2.75, 3.05) is 18.1 Å². The maximum Gasteiger partial charge on any atom is 0.417 e. The standard InChI is InChI=1S/C25H21ClF3N3O3S/c1-24(17-7-4-3-5-8-17)15-32(23(33)30-18-9-6-10-19(14-18)36(2,34)35)31-22(24)16-11-12-20(21(26)13-16)25(27,28)29/h3-14H,15H2,1-2H3,(H,30,33). The summed E-state index contributed by atoms with van der Waals surface area (Å²) in [7, 11) is -3.48. The van der Waals surface area contributed by atoms with E-state index in [0.29, 0.717) is 11.3 Å². The Kier molecular flexibility index (Phi) is 6.61. The third-order valence-electron chi connectivity index (χ3n) is 5.92. The Morgan fingerprint density at radius 1 is 1.06 bits per heavy atom. The van der Waals surface area contributed by atoms with Gasteiger partial charge in [-0.05, 0) is 42.8 Å². The highest BCUT2D eigenvalue weighted by Crippen LogP contribution is 2.39. The average molecular weight is 536 g/mol. The Morgan fingerprint density at radius 2 is 1.75 bits per heavy atom. The number of carbonyl (C=O) groups excluding carboxylic acids is 1. The predicted octanol–water partition coefficient (Wildman–Crippen LogP) is 5.97. The maximum absolute atomic E-state index is 13.2. The predicted molar refractivity (Wildman–Crippen MR) is 132 cm³/mol. The number of hydrogen-bond acceptors (Lipinski definition) is 4. The fourth-order valence-corrected chi connectivity index (χ4v) is 5.01. The largest absolute Gasteiger partial charge is 0.417 e. The lowest BCUT2D eigenvalue weighted by atomic mass is 9.76. The maximum atomic E-state index is 13.2. The molecular weight excluding hydrogens is 515 g/mol. The highest BCUT2D eigenvalue weighted by atomic mass is 35.5. The van der Waals surface area contributed by atoms with Crippen LogP contribution in [0.15, 0.2) is 82.8 Å². The van der Waals surface area contributed by atoms with E-state index in [2.05, 4.69) is 10.4 Å². The molecular formula is C25H21ClF3N3O3S. The van der Waals surface area contributed by atoms with Crippen LogP contribution in [-0.2, 0) is 21.4 Å². The molecule has 0 fully saturated rings. The molecule has 0 aromatic heterocycles. The van der Waals surface area contributed by atoms with Gasteiger partial charge in [-0.3, -0.25) is 0 Å². The van der Waals surface area contributed by atoms with E-state index in [-0.39, 0.29) is 17.1 Å². The number of halogens is 4. The van der Waals surface area contributed by atoms with Crippen molar-refractivity contribution in [1.82, 2.24) is 5.01 Å². The molecule has 1 unspecified atom stereocenters. The van der Waals surface area contributed by atoms with Gasteiger partial charge < -0.3 is 5.32 Å². The van der Waals surface area contributed by atoms with E-state index in [0.717, 1.165) is 17.9 Å². The van der Waals surface area contributed by atoms with Crippen molar-refractivity contribution < 1.29 is 26.4 Å². The molecule has 1 aliphatic rings. The summed E-state index contributed by atoms with van der Waals surface area (Å²) in [4.78, 5) is 13.1. The molecule has 0 radical (unpaired) electrons. The van der Waals surface area contributed by atoms with E-state index in [4.69, 9.17) is 11.6 Å². The third-order valence-corrected chi connectivity index (χ3v) is 7.34. The number of carbonyl (C=O) groups is 1. The van der Waals surface area contributed by atoms with Crippen LogP contribution in [0.4, 0.5) is 23.7 Å². The van der Waals surface area contributed by atoms with Gasteiger partial charge in [-0.1, -0.05) is 54.1 Å². The molecule has 0 bridgehead atoms. The molecule has 4 rings (SSSR count). The number of amides is 2. The number of hydrogen-bond donors (Lipinski definition) is 1. The summed E-state index contributed by atoms with van der Waals surface area (Å²) < 4.78 is 63.4. The number of alkyl halides is 3. The van der Waals surface area contributed by atoms with Crippen LogP contribution >= 0.6 is 11.6 Å². The molecule has 1 heterocycles. The Hall–Kier alpha value is -3.37. The number of urea groups is 1. The first-order chi connectivity index (χ1) is 16.8. The van der Waals surface area contributed by atoms with Gasteiger partial charge in [0.25, 0.3) is 0 Å². The number of anilines is 1. The summed E-state index contributed by atoms with van der Waals surface area (Å²) in [5.74, 6) is 0. The molecule has 6 nitrogen and oxygen atoms in total. The van der Waals surface area contributed by atoms with Crippen molar-refractivity contribution in [3.8, 4) is 0 Å². The highest BCUT2D eigenvalue weighted by Gasteiger charge is 2.43. The van der Waals surface area contributed by atoms with Crippen molar-refractivity contribution in [2.45, 2.75) is 23.4 Å². The van der Waals surface area contributed by atoms with Gasteiger partial charge in [-0.15, -0.1) is 0 Å². The van der Waals surface area contributed by atoms with Crippen molar-refractivity contribution in [2.24, 2.45) is 5.10 Å². The van der Waals surface area contributed by atoms with Crippen molar-refractivity contribution in [1.29, 1.82) is 0 Å². The van der Waals surface area contributed by atoms with Crippen molar-refractivity contribution in [3.05, 3.63) is 94.5 Å². The molecule has 11 heteroatoms. The fourth-order valence-electron chi connectivity index (χ4n) is 4.05. The molecule has 3 aromatic carbocycles. The van der Waals surface area contributed by atoms with Gasteiger partial charge in [0.15, 0.2) is 9.84 Å². The van der Waals surface area contributed by atoms with Gasteiger partial charge in [0.2, 0.25) is 0 Å². The molecule has 2 amide bonds. The zero-order valence-electron chi connectivity index (χ0n) is 19.2. The molecule has 188 valence electrons. The van der Waals surface area contributed by atoms with E-state index in [9.17, 15) is 26.4 Å². The van der Waals surface area contributed by atoms with E-state index < -0.39 is 38.0 Å². The van der Waals surface area contributed by atoms with Crippen LogP contribution in [0.1, 0.15) is 23.6 Å². The molecule has 0 saturated carbocycles. The molecule has 1 aliphatic heterocycles. The van der Waals surface area contributed by atoms with Crippen LogP contribution in [0.2, 0.25) is 5.02 Å². The van der Waals surface area contributed by atoms with Crippen molar-refractivity contribution >= 4 is 38.9 Å². The molecule has 0 saturated heterocycles. The summed E-state index contributed by atoms with van der Waals surface area (Å²) in [6.45, 7) is 1.92. The topological polar surface area (TPSA) is 78.8 Å². The highest BCUT2D eigenvalue weighted by molar-refractivity contribution is 7.90. The number of sulfone groups is 1. The lowest BCUT2D eigenvalue weighted by molar-refractivity contribution is -0.137. The Bertz CT molecular complexity index is 1460. The summed E-state index contributed by atoms with van der Waals surface area (Å²) in [6, 6.07) is 17.7. The van der Waals surface area contributed by atoms with E-state index >= 15 is 0 Å². The lowest BCUT2D eigenvalue weighted by Gasteiger charge is -2.27. The summed E-state index contributed by atoms with van der Waals surface area (Å²) in [5, 5.41) is 7.80. The molecule has 1 N–H and O–H groups in total. The first-order valence-corrected chi connectivity index (χ1v) is 13.0. The summed E-state index contributed by atoms with van der Waals surface area (Å²) >= 11 is 5.97. The number of nitrogens with one attached hydrogen (secondary N) is 1. The van der Waals surface area contributed by atoms with Gasteiger partial charge in [0.1, 0.15) is 0 Å². The van der Waals surface area contributed by atoms with E-state index in [1.807, 2.05) is 37.3 Å². The van der Waals surface area contributed by atoms with E-state index in [1.54, 1.807) is 6.07 Å². The summed E-state index contributed by atoms with van der Waals surface area (Å²) in [5.41, 5.74) is -0.0675. The Labute approximate surface area is 211 Å². The van der Waals surface area contributed by atoms with Crippen LogP contribution in [-0.4, -0.2) is 38.0 Å². The second kappa shape index (κ2) is 9.25. The smallest absolute Gasteiger partial charge is 0.306 e. The third kappa shape index (κ3) is 5.10. The summed E-state index contributed by atoms with van der Waals surface area (Å²) in [6.07, 6.45) is -3.55. The van der Waals surface area contributed by atoms with Crippen LogP contribution < -0.4 is 5.32 Å². The normalized spacial score (nSPS) is 18.2. The second-order valence-corrected chi connectivity index (χ2v) is 11.0. The minimum atomic E-state index is -4.61. The number of rotatable bonds is 4. The molecule has 3 aromatic rings. The van der Waals surface area contributed by atoms with Crippen molar-refractivity contribution in [3.63, 3.8) is 0 Å². The van der Waals surface area contributed by atoms with Crippen LogP contribution in [0.25, 0.3) is 0 Å². The monoisotopic (exact) mass is 535 g/mol. The SMILES string of the molecule is CC1(c2ccccc2)CN(C(=O)Nc2cccc(S(C)(=O)=O)c2)N=C1c1ccc(C(F)(F)F)c(Cl)c1. The van der Waals surface area contributed by atoms with Gasteiger partial charge in [0.05, 0.1) is 33.2 Å². The molecule has 0 aliphatic carbocycles. The quantitative estimate of drug-likeness (QED) is 0.447.